The summed E-state index contributed by atoms with van der Waals surface area (Å²) in [7, 11) is 1.56. The topological polar surface area (TPSA) is 90.9 Å². The van der Waals surface area contributed by atoms with Crippen molar-refractivity contribution in [3.8, 4) is 11.5 Å². The summed E-state index contributed by atoms with van der Waals surface area (Å²) < 4.78 is 10.6. The molecular weight excluding hydrogens is 372 g/mol. The quantitative estimate of drug-likeness (QED) is 0.789. The number of phenolic OH excluding ortho intramolecular Hbond substituents is 1. The Morgan fingerprint density at radius 2 is 2.10 bits per heavy atom. The minimum absolute atomic E-state index is 0.100. The van der Waals surface area contributed by atoms with E-state index in [-0.39, 0.29) is 17.2 Å². The maximum atomic E-state index is 12.3. The lowest BCUT2D eigenvalue weighted by atomic mass is 9.94. The van der Waals surface area contributed by atoms with Crippen LogP contribution in [0.15, 0.2) is 29.1 Å². The predicted molar refractivity (Wildman–Crippen MR) is 110 cm³/mol. The van der Waals surface area contributed by atoms with Gasteiger partial charge in [-0.3, -0.25) is 14.7 Å². The zero-order valence-corrected chi connectivity index (χ0v) is 16.8. The van der Waals surface area contributed by atoms with Crippen molar-refractivity contribution in [1.82, 2.24) is 14.9 Å². The van der Waals surface area contributed by atoms with Crippen molar-refractivity contribution in [3.05, 3.63) is 45.9 Å². The van der Waals surface area contributed by atoms with Gasteiger partial charge in [0.05, 0.1) is 26.0 Å². The number of anilines is 1. The van der Waals surface area contributed by atoms with E-state index < -0.39 is 0 Å². The number of aromatic nitrogens is 2. The molecule has 2 saturated heterocycles. The molecule has 4 rings (SSSR count). The number of nitrogens with zero attached hydrogens (tertiary/aromatic N) is 3. The van der Waals surface area contributed by atoms with Gasteiger partial charge in [0.15, 0.2) is 11.5 Å². The molecule has 2 aromatic rings. The maximum absolute atomic E-state index is 12.3. The Morgan fingerprint density at radius 1 is 1.28 bits per heavy atom. The van der Waals surface area contributed by atoms with Gasteiger partial charge >= 0.3 is 0 Å². The van der Waals surface area contributed by atoms with Crippen molar-refractivity contribution in [3.63, 3.8) is 0 Å². The molecule has 2 aliphatic heterocycles. The Labute approximate surface area is 170 Å². The minimum Gasteiger partial charge on any atom is -0.504 e. The number of aromatic hydroxyl groups is 1. The van der Waals surface area contributed by atoms with Crippen LogP contribution in [0.4, 0.5) is 5.95 Å². The van der Waals surface area contributed by atoms with Gasteiger partial charge in [-0.2, -0.15) is 0 Å². The van der Waals surface area contributed by atoms with Crippen LogP contribution in [0.1, 0.15) is 30.0 Å². The SMILES string of the molecule is COc1cc(CN2CCCC(c3cc(=O)[nH]c(N4CCOCC4)n3)C2)ccc1O. The second-order valence-electron chi connectivity index (χ2n) is 7.67. The number of morpholine rings is 1. The van der Waals surface area contributed by atoms with E-state index in [1.54, 1.807) is 19.2 Å². The van der Waals surface area contributed by atoms with Gasteiger partial charge in [-0.1, -0.05) is 6.07 Å². The number of ether oxygens (including phenoxy) is 2. The fourth-order valence-electron chi connectivity index (χ4n) is 4.12. The second kappa shape index (κ2) is 8.84. The van der Waals surface area contributed by atoms with Gasteiger partial charge in [0, 0.05) is 38.2 Å². The van der Waals surface area contributed by atoms with Crippen LogP contribution in [0.25, 0.3) is 0 Å². The van der Waals surface area contributed by atoms with Crippen molar-refractivity contribution in [2.24, 2.45) is 0 Å². The lowest BCUT2D eigenvalue weighted by Gasteiger charge is -2.33. The molecule has 1 aromatic heterocycles. The fourth-order valence-corrected chi connectivity index (χ4v) is 4.12. The number of likely N-dealkylation sites (tertiary alicyclic amines) is 1. The Morgan fingerprint density at radius 3 is 2.90 bits per heavy atom. The molecule has 8 nitrogen and oxygen atoms in total. The number of nitrogens with one attached hydrogen (secondary N) is 1. The van der Waals surface area contributed by atoms with E-state index in [1.165, 1.54) is 0 Å². The van der Waals surface area contributed by atoms with E-state index in [2.05, 4.69) is 14.8 Å². The van der Waals surface area contributed by atoms with Crippen LogP contribution >= 0.6 is 0 Å². The number of hydrogen-bond donors (Lipinski definition) is 2. The third kappa shape index (κ3) is 4.71. The Hall–Kier alpha value is -2.58. The number of piperidine rings is 1. The monoisotopic (exact) mass is 400 g/mol. The third-order valence-corrected chi connectivity index (χ3v) is 5.63. The molecule has 3 heterocycles. The maximum Gasteiger partial charge on any atom is 0.252 e. The normalized spacial score (nSPS) is 20.6. The van der Waals surface area contributed by atoms with E-state index in [0.717, 1.165) is 56.8 Å². The standard InChI is InChI=1S/C21H28N4O4/c1-28-19-11-15(4-5-18(19)26)13-24-6-2-3-16(14-24)17-12-20(27)23-21(22-17)25-7-9-29-10-8-25/h4-5,11-12,16,26H,2-3,6-10,13-14H2,1H3,(H,22,23,27). The lowest BCUT2D eigenvalue weighted by Crippen LogP contribution is -2.39. The molecule has 2 aliphatic rings. The number of phenols is 1. The molecule has 8 heteroatoms. The van der Waals surface area contributed by atoms with E-state index in [0.29, 0.717) is 24.9 Å². The van der Waals surface area contributed by atoms with Crippen molar-refractivity contribution < 1.29 is 14.6 Å². The summed E-state index contributed by atoms with van der Waals surface area (Å²) >= 11 is 0. The van der Waals surface area contributed by atoms with Gasteiger partial charge in [0.1, 0.15) is 0 Å². The molecule has 2 N–H and O–H groups in total. The zero-order valence-electron chi connectivity index (χ0n) is 16.8. The van der Waals surface area contributed by atoms with Crippen LogP contribution in [0, 0.1) is 0 Å². The van der Waals surface area contributed by atoms with Crippen LogP contribution in [-0.2, 0) is 11.3 Å². The van der Waals surface area contributed by atoms with E-state index >= 15 is 0 Å². The average molecular weight is 400 g/mol. The summed E-state index contributed by atoms with van der Waals surface area (Å²) in [5.74, 6) is 1.51. The summed E-state index contributed by atoms with van der Waals surface area (Å²) in [5, 5.41) is 9.80. The van der Waals surface area contributed by atoms with Gasteiger partial charge < -0.3 is 19.5 Å². The van der Waals surface area contributed by atoms with Crippen LogP contribution in [0.2, 0.25) is 0 Å². The van der Waals surface area contributed by atoms with Gasteiger partial charge in [0.2, 0.25) is 5.95 Å². The molecule has 0 aliphatic carbocycles. The molecule has 29 heavy (non-hydrogen) atoms. The van der Waals surface area contributed by atoms with E-state index in [4.69, 9.17) is 14.5 Å². The van der Waals surface area contributed by atoms with Crippen molar-refractivity contribution in [2.75, 3.05) is 51.4 Å². The summed E-state index contributed by atoms with van der Waals surface area (Å²) in [4.78, 5) is 24.4. The molecule has 0 amide bonds. The summed E-state index contributed by atoms with van der Waals surface area (Å²) in [5.41, 5.74) is 1.85. The minimum atomic E-state index is -0.100. The van der Waals surface area contributed by atoms with Crippen molar-refractivity contribution in [1.29, 1.82) is 0 Å². The molecule has 0 spiro atoms. The molecule has 0 bridgehead atoms. The highest BCUT2D eigenvalue weighted by molar-refractivity contribution is 5.41. The fraction of sp³-hybridized carbons (Fsp3) is 0.524. The smallest absolute Gasteiger partial charge is 0.252 e. The number of hydrogen-bond acceptors (Lipinski definition) is 7. The molecular formula is C21H28N4O4. The van der Waals surface area contributed by atoms with Gasteiger partial charge in [-0.15, -0.1) is 0 Å². The average Bonchev–Trinajstić information content (AvgIpc) is 2.75. The van der Waals surface area contributed by atoms with Crippen LogP contribution in [0.3, 0.4) is 0 Å². The molecule has 2 fully saturated rings. The van der Waals surface area contributed by atoms with Crippen LogP contribution < -0.4 is 15.2 Å². The Bertz CT molecular complexity index is 894. The first-order chi connectivity index (χ1) is 14.1. The van der Waals surface area contributed by atoms with Gasteiger partial charge in [0.25, 0.3) is 5.56 Å². The summed E-state index contributed by atoms with van der Waals surface area (Å²) in [6.07, 6.45) is 2.08. The Kier molecular flexibility index (Phi) is 6.01. The molecule has 1 unspecified atom stereocenters. The molecule has 156 valence electrons. The number of methoxy groups -OCH3 is 1. The highest BCUT2D eigenvalue weighted by Gasteiger charge is 2.24. The first-order valence-corrected chi connectivity index (χ1v) is 10.1. The third-order valence-electron chi connectivity index (χ3n) is 5.63. The van der Waals surface area contributed by atoms with Gasteiger partial charge in [-0.05, 0) is 37.1 Å². The van der Waals surface area contributed by atoms with Crippen LogP contribution in [-0.4, -0.2) is 66.5 Å². The molecule has 0 saturated carbocycles. The first kappa shape index (κ1) is 19.7. The zero-order chi connectivity index (χ0) is 20.2. The summed E-state index contributed by atoms with van der Waals surface area (Å²) in [6, 6.07) is 7.11. The molecule has 0 radical (unpaired) electrons. The van der Waals surface area contributed by atoms with Crippen molar-refractivity contribution in [2.45, 2.75) is 25.3 Å². The predicted octanol–water partition coefficient (Wildman–Crippen LogP) is 1.70. The molecule has 1 aromatic carbocycles. The van der Waals surface area contributed by atoms with Crippen molar-refractivity contribution >= 4 is 5.95 Å². The lowest BCUT2D eigenvalue weighted by molar-refractivity contribution is 0.122. The number of H-pyrrole nitrogens is 1. The number of benzene rings is 1. The van der Waals surface area contributed by atoms with E-state index in [9.17, 15) is 9.90 Å². The van der Waals surface area contributed by atoms with Gasteiger partial charge in [-0.25, -0.2) is 4.98 Å². The largest absolute Gasteiger partial charge is 0.504 e. The first-order valence-electron chi connectivity index (χ1n) is 10.1. The van der Waals surface area contributed by atoms with E-state index in [1.807, 2.05) is 12.1 Å². The molecule has 1 atom stereocenters. The highest BCUT2D eigenvalue weighted by atomic mass is 16.5. The second-order valence-corrected chi connectivity index (χ2v) is 7.67. The van der Waals surface area contributed by atoms with Crippen LogP contribution in [0.5, 0.6) is 11.5 Å². The summed E-state index contributed by atoms with van der Waals surface area (Å²) in [6.45, 7) is 5.41. The number of rotatable bonds is 5. The number of aromatic amines is 1. The highest BCUT2D eigenvalue weighted by Crippen LogP contribution is 2.30. The Balaban J connectivity index is 1.48.